The van der Waals surface area contributed by atoms with Gasteiger partial charge in [-0.1, -0.05) is 0 Å². The summed E-state index contributed by atoms with van der Waals surface area (Å²) in [5.74, 6) is 0.655. The molecule has 1 atom stereocenters. The summed E-state index contributed by atoms with van der Waals surface area (Å²) in [5, 5.41) is 11.0. The molecule has 0 saturated carbocycles. The molecule has 1 aliphatic rings. The maximum atomic E-state index is 12.5. The third-order valence-corrected chi connectivity index (χ3v) is 4.89. The first-order valence-electron chi connectivity index (χ1n) is 7.26. The fourth-order valence-electron chi connectivity index (χ4n) is 2.63. The number of piperidine rings is 1. The number of hydrogen-bond acceptors (Lipinski definition) is 6. The summed E-state index contributed by atoms with van der Waals surface area (Å²) in [7, 11) is 1.52. The van der Waals surface area contributed by atoms with Crippen molar-refractivity contribution in [1.29, 1.82) is 0 Å². The molecule has 0 bridgehead atoms. The zero-order chi connectivity index (χ0) is 15.5. The van der Waals surface area contributed by atoms with Crippen molar-refractivity contribution >= 4 is 17.2 Å². The molecule has 0 radical (unpaired) electrons. The van der Waals surface area contributed by atoms with Gasteiger partial charge in [0.15, 0.2) is 5.69 Å². The van der Waals surface area contributed by atoms with E-state index in [9.17, 15) is 4.79 Å². The lowest BCUT2D eigenvalue weighted by Gasteiger charge is -2.31. The molecule has 0 N–H and O–H groups in total. The molecule has 1 amide bonds. The predicted molar refractivity (Wildman–Crippen MR) is 83.3 cm³/mol. The van der Waals surface area contributed by atoms with Crippen LogP contribution < -0.4 is 4.74 Å². The second-order valence-corrected chi connectivity index (χ2v) is 6.27. The van der Waals surface area contributed by atoms with Gasteiger partial charge in [-0.15, -0.1) is 21.5 Å². The van der Waals surface area contributed by atoms with Crippen LogP contribution in [0.4, 0.5) is 0 Å². The van der Waals surface area contributed by atoms with E-state index in [1.807, 2.05) is 11.8 Å². The highest BCUT2D eigenvalue weighted by atomic mass is 32.1. The van der Waals surface area contributed by atoms with E-state index < -0.39 is 0 Å². The van der Waals surface area contributed by atoms with Crippen LogP contribution in [-0.4, -0.2) is 46.2 Å². The molecule has 6 nitrogen and oxygen atoms in total. The first-order chi connectivity index (χ1) is 10.7. The number of carbonyl (C=O) groups is 1. The van der Waals surface area contributed by atoms with Crippen LogP contribution in [0.25, 0.3) is 0 Å². The summed E-state index contributed by atoms with van der Waals surface area (Å²) in [6.07, 6.45) is 2.06. The Morgan fingerprint density at radius 2 is 2.27 bits per heavy atom. The molecule has 1 aliphatic heterocycles. The van der Waals surface area contributed by atoms with Gasteiger partial charge in [-0.2, -0.15) is 0 Å². The predicted octanol–water partition coefficient (Wildman–Crippen LogP) is 2.27. The van der Waals surface area contributed by atoms with Gasteiger partial charge < -0.3 is 9.64 Å². The van der Waals surface area contributed by atoms with Gasteiger partial charge in [0.2, 0.25) is 5.88 Å². The van der Waals surface area contributed by atoms with Gasteiger partial charge in [-0.25, -0.2) is 4.98 Å². The summed E-state index contributed by atoms with van der Waals surface area (Å²) in [6.45, 7) is 3.45. The van der Waals surface area contributed by atoms with Crippen LogP contribution in [0.1, 0.15) is 39.9 Å². The smallest absolute Gasteiger partial charge is 0.274 e. The number of hydrogen-bond donors (Lipinski definition) is 0. The summed E-state index contributed by atoms with van der Waals surface area (Å²) in [6, 6.07) is 3.32. The Morgan fingerprint density at radius 1 is 1.41 bits per heavy atom. The molecule has 1 fully saturated rings. The monoisotopic (exact) mass is 318 g/mol. The molecular formula is C15H18N4O2S. The molecule has 22 heavy (non-hydrogen) atoms. The SMILES string of the molecule is COc1ccc(C(=O)N2CCCC(c3nc(C)cs3)C2)nn1. The number of amides is 1. The fourth-order valence-corrected chi connectivity index (χ4v) is 3.55. The highest BCUT2D eigenvalue weighted by molar-refractivity contribution is 7.09. The van der Waals surface area contributed by atoms with Gasteiger partial charge in [-0.3, -0.25) is 4.79 Å². The van der Waals surface area contributed by atoms with Crippen LogP contribution in [0.3, 0.4) is 0 Å². The Labute approximate surface area is 133 Å². The summed E-state index contributed by atoms with van der Waals surface area (Å²) >= 11 is 1.68. The molecule has 3 rings (SSSR count). The van der Waals surface area contributed by atoms with Crippen molar-refractivity contribution in [2.45, 2.75) is 25.7 Å². The highest BCUT2D eigenvalue weighted by Crippen LogP contribution is 2.29. The van der Waals surface area contributed by atoms with Crippen molar-refractivity contribution in [2.24, 2.45) is 0 Å². The van der Waals surface area contributed by atoms with Crippen LogP contribution in [0, 0.1) is 6.92 Å². The van der Waals surface area contributed by atoms with Gasteiger partial charge >= 0.3 is 0 Å². The van der Waals surface area contributed by atoms with E-state index >= 15 is 0 Å². The first-order valence-corrected chi connectivity index (χ1v) is 8.14. The molecule has 7 heteroatoms. The van der Waals surface area contributed by atoms with Crippen LogP contribution in [-0.2, 0) is 0 Å². The molecule has 0 aliphatic carbocycles. The van der Waals surface area contributed by atoms with E-state index in [0.717, 1.165) is 30.1 Å². The van der Waals surface area contributed by atoms with Crippen LogP contribution in [0.2, 0.25) is 0 Å². The molecule has 1 saturated heterocycles. The molecule has 0 spiro atoms. The van der Waals surface area contributed by atoms with Gasteiger partial charge in [0, 0.05) is 36.1 Å². The minimum Gasteiger partial charge on any atom is -0.480 e. The van der Waals surface area contributed by atoms with E-state index in [0.29, 0.717) is 24.0 Å². The van der Waals surface area contributed by atoms with Crippen molar-refractivity contribution in [3.63, 3.8) is 0 Å². The number of ether oxygens (including phenoxy) is 1. The topological polar surface area (TPSA) is 68.2 Å². The normalized spacial score (nSPS) is 18.3. The average Bonchev–Trinajstić information content (AvgIpc) is 3.01. The number of likely N-dealkylation sites (tertiary alicyclic amines) is 1. The Kier molecular flexibility index (Phi) is 4.33. The van der Waals surface area contributed by atoms with Gasteiger partial charge in [0.25, 0.3) is 5.91 Å². The van der Waals surface area contributed by atoms with Crippen LogP contribution in [0.15, 0.2) is 17.5 Å². The number of carbonyl (C=O) groups excluding carboxylic acids is 1. The maximum absolute atomic E-state index is 12.5. The van der Waals surface area contributed by atoms with Gasteiger partial charge in [0.05, 0.1) is 12.1 Å². The Balaban J connectivity index is 1.71. The van der Waals surface area contributed by atoms with Gasteiger partial charge in [-0.05, 0) is 25.8 Å². The second-order valence-electron chi connectivity index (χ2n) is 5.38. The second kappa shape index (κ2) is 6.39. The highest BCUT2D eigenvalue weighted by Gasteiger charge is 2.27. The summed E-state index contributed by atoms with van der Waals surface area (Å²) in [5.41, 5.74) is 1.40. The zero-order valence-electron chi connectivity index (χ0n) is 12.7. The molecule has 3 heterocycles. The number of aryl methyl sites for hydroxylation is 1. The van der Waals surface area contributed by atoms with Crippen molar-refractivity contribution < 1.29 is 9.53 Å². The molecule has 116 valence electrons. The Bertz CT molecular complexity index is 656. The minimum atomic E-state index is -0.0758. The molecule has 2 aromatic heterocycles. The number of thiazole rings is 1. The number of nitrogens with zero attached hydrogens (tertiary/aromatic N) is 4. The lowest BCUT2D eigenvalue weighted by Crippen LogP contribution is -2.39. The van der Waals surface area contributed by atoms with Gasteiger partial charge in [0.1, 0.15) is 0 Å². The minimum absolute atomic E-state index is 0.0758. The lowest BCUT2D eigenvalue weighted by atomic mass is 9.98. The van der Waals surface area contributed by atoms with E-state index in [-0.39, 0.29) is 5.91 Å². The quantitative estimate of drug-likeness (QED) is 0.868. The number of aromatic nitrogens is 3. The van der Waals surface area contributed by atoms with E-state index in [1.165, 1.54) is 7.11 Å². The average molecular weight is 318 g/mol. The molecule has 2 aromatic rings. The number of rotatable bonds is 3. The summed E-state index contributed by atoms with van der Waals surface area (Å²) in [4.78, 5) is 19.0. The van der Waals surface area contributed by atoms with E-state index in [4.69, 9.17) is 4.74 Å². The Morgan fingerprint density at radius 3 is 2.91 bits per heavy atom. The lowest BCUT2D eigenvalue weighted by molar-refractivity contribution is 0.0699. The fraction of sp³-hybridized carbons (Fsp3) is 0.467. The van der Waals surface area contributed by atoms with Crippen molar-refractivity contribution in [1.82, 2.24) is 20.1 Å². The van der Waals surface area contributed by atoms with E-state index in [1.54, 1.807) is 23.5 Å². The van der Waals surface area contributed by atoms with Crippen LogP contribution in [0.5, 0.6) is 5.88 Å². The molecule has 1 unspecified atom stereocenters. The summed E-state index contributed by atoms with van der Waals surface area (Å²) < 4.78 is 4.97. The zero-order valence-corrected chi connectivity index (χ0v) is 13.5. The van der Waals surface area contributed by atoms with Crippen LogP contribution >= 0.6 is 11.3 Å². The molecular weight excluding hydrogens is 300 g/mol. The molecule has 0 aromatic carbocycles. The van der Waals surface area contributed by atoms with E-state index in [2.05, 4.69) is 20.6 Å². The third kappa shape index (κ3) is 3.09. The third-order valence-electron chi connectivity index (χ3n) is 3.76. The van der Waals surface area contributed by atoms with Crippen molar-refractivity contribution in [3.05, 3.63) is 33.9 Å². The number of methoxy groups -OCH3 is 1. The Hall–Kier alpha value is -2.02. The largest absolute Gasteiger partial charge is 0.480 e. The first kappa shape index (κ1) is 14.9. The standard InChI is InChI=1S/C15H18N4O2S/c1-10-9-22-14(16-10)11-4-3-7-19(8-11)15(20)12-5-6-13(21-2)18-17-12/h5-6,9,11H,3-4,7-8H2,1-2H3. The maximum Gasteiger partial charge on any atom is 0.274 e. The van der Waals surface area contributed by atoms with Crippen molar-refractivity contribution in [2.75, 3.05) is 20.2 Å². The van der Waals surface area contributed by atoms with Crippen molar-refractivity contribution in [3.8, 4) is 5.88 Å².